The maximum atomic E-state index is 11.8. The first-order valence-corrected chi connectivity index (χ1v) is 7.47. The number of carbonyl (C=O) groups excluding carboxylic acids is 1. The second-order valence-electron chi connectivity index (χ2n) is 5.65. The van der Waals surface area contributed by atoms with Crippen LogP contribution in [0.3, 0.4) is 0 Å². The Morgan fingerprint density at radius 2 is 2.30 bits per heavy atom. The normalized spacial score (nSPS) is 23.8. The zero-order valence-electron chi connectivity index (χ0n) is 11.9. The number of ether oxygens (including phenoxy) is 1. The van der Waals surface area contributed by atoms with Crippen LogP contribution >= 0.6 is 0 Å². The van der Waals surface area contributed by atoms with Crippen LogP contribution in [0.1, 0.15) is 50.2 Å². The van der Waals surface area contributed by atoms with Crippen LogP contribution in [0.5, 0.6) is 0 Å². The maximum Gasteiger partial charge on any atom is 0.310 e. The Morgan fingerprint density at radius 3 is 3.05 bits per heavy atom. The van der Waals surface area contributed by atoms with Gasteiger partial charge in [-0.15, -0.1) is 0 Å². The van der Waals surface area contributed by atoms with Crippen LogP contribution in [0.25, 0.3) is 0 Å². The monoisotopic (exact) mass is 279 g/mol. The molecule has 6 heteroatoms. The second kappa shape index (κ2) is 5.91. The number of esters is 1. The lowest BCUT2D eigenvalue weighted by molar-refractivity contribution is -0.150. The maximum absolute atomic E-state index is 11.8. The quantitative estimate of drug-likeness (QED) is 0.764. The van der Waals surface area contributed by atoms with E-state index in [9.17, 15) is 4.79 Å². The Balaban J connectivity index is 1.54. The lowest BCUT2D eigenvalue weighted by atomic mass is 9.98. The van der Waals surface area contributed by atoms with Crippen LogP contribution in [0.2, 0.25) is 0 Å². The number of hydrogen-bond donors (Lipinski definition) is 0. The summed E-state index contributed by atoms with van der Waals surface area (Å²) in [4.78, 5) is 18.5. The molecule has 110 valence electrons. The lowest BCUT2D eigenvalue weighted by Gasteiger charge is -2.30. The molecule has 1 saturated heterocycles. The van der Waals surface area contributed by atoms with Crippen molar-refractivity contribution in [2.24, 2.45) is 5.92 Å². The number of piperidine rings is 1. The van der Waals surface area contributed by atoms with E-state index in [0.29, 0.717) is 19.1 Å². The highest BCUT2D eigenvalue weighted by molar-refractivity contribution is 5.72. The molecule has 20 heavy (non-hydrogen) atoms. The molecule has 2 heterocycles. The standard InChI is InChI=1S/C14H21N3O3/c1-2-19-14(18)11-4-3-7-17(8-11)9-12-15-13(20-16-12)10-5-6-10/h10-11H,2-9H2,1H3/t11-/m1/s1. The summed E-state index contributed by atoms with van der Waals surface area (Å²) in [7, 11) is 0. The van der Waals surface area contributed by atoms with Gasteiger partial charge in [0.1, 0.15) is 0 Å². The molecule has 6 nitrogen and oxygen atoms in total. The van der Waals surface area contributed by atoms with Crippen molar-refractivity contribution in [3.63, 3.8) is 0 Å². The summed E-state index contributed by atoms with van der Waals surface area (Å²) in [5.41, 5.74) is 0. The molecule has 1 aromatic rings. The average Bonchev–Trinajstić information content (AvgIpc) is 3.20. The SMILES string of the molecule is CCOC(=O)[C@@H]1CCCN(Cc2noc(C3CC3)n2)C1. The van der Waals surface area contributed by atoms with Gasteiger partial charge in [0.2, 0.25) is 5.89 Å². The van der Waals surface area contributed by atoms with E-state index in [4.69, 9.17) is 9.26 Å². The van der Waals surface area contributed by atoms with Crippen LogP contribution in [-0.4, -0.2) is 40.7 Å². The number of hydrogen-bond acceptors (Lipinski definition) is 6. The molecule has 0 amide bonds. The van der Waals surface area contributed by atoms with Gasteiger partial charge >= 0.3 is 5.97 Å². The van der Waals surface area contributed by atoms with E-state index >= 15 is 0 Å². The van der Waals surface area contributed by atoms with E-state index in [-0.39, 0.29) is 11.9 Å². The summed E-state index contributed by atoms with van der Waals surface area (Å²) in [6.07, 6.45) is 4.25. The first-order chi connectivity index (χ1) is 9.76. The summed E-state index contributed by atoms with van der Waals surface area (Å²) >= 11 is 0. The predicted molar refractivity (Wildman–Crippen MR) is 70.9 cm³/mol. The van der Waals surface area contributed by atoms with Crippen molar-refractivity contribution in [1.29, 1.82) is 0 Å². The molecular formula is C14H21N3O3. The molecule has 0 aromatic carbocycles. The predicted octanol–water partition coefficient (Wildman–Crippen LogP) is 1.72. The van der Waals surface area contributed by atoms with Gasteiger partial charge in [-0.3, -0.25) is 9.69 Å². The molecule has 0 bridgehead atoms. The van der Waals surface area contributed by atoms with Crippen molar-refractivity contribution >= 4 is 5.97 Å². The number of rotatable bonds is 5. The molecule has 2 fully saturated rings. The van der Waals surface area contributed by atoms with Gasteiger partial charge in [-0.05, 0) is 39.2 Å². The summed E-state index contributed by atoms with van der Waals surface area (Å²) in [5, 5.41) is 4.03. The van der Waals surface area contributed by atoms with E-state index in [1.54, 1.807) is 0 Å². The van der Waals surface area contributed by atoms with Crippen molar-refractivity contribution < 1.29 is 14.1 Å². The van der Waals surface area contributed by atoms with E-state index in [2.05, 4.69) is 15.0 Å². The van der Waals surface area contributed by atoms with Gasteiger partial charge in [-0.25, -0.2) is 0 Å². The molecule has 0 radical (unpaired) electrons. The minimum absolute atomic E-state index is 0.0153. The highest BCUT2D eigenvalue weighted by Gasteiger charge is 2.31. The molecule has 0 N–H and O–H groups in total. The molecular weight excluding hydrogens is 258 g/mol. The van der Waals surface area contributed by atoms with Crippen molar-refractivity contribution in [1.82, 2.24) is 15.0 Å². The Labute approximate surface area is 118 Å². The van der Waals surface area contributed by atoms with Crippen LogP contribution in [0.4, 0.5) is 0 Å². The van der Waals surface area contributed by atoms with E-state index in [1.165, 1.54) is 0 Å². The van der Waals surface area contributed by atoms with Gasteiger partial charge in [0, 0.05) is 12.5 Å². The third kappa shape index (κ3) is 3.17. The Kier molecular flexibility index (Phi) is 4.00. The minimum Gasteiger partial charge on any atom is -0.466 e. The molecule has 1 aliphatic carbocycles. The van der Waals surface area contributed by atoms with Crippen LogP contribution < -0.4 is 0 Å². The van der Waals surface area contributed by atoms with Crippen molar-refractivity contribution in [2.45, 2.75) is 45.1 Å². The molecule has 0 spiro atoms. The minimum atomic E-state index is -0.0796. The summed E-state index contributed by atoms with van der Waals surface area (Å²) in [6, 6.07) is 0. The zero-order chi connectivity index (χ0) is 13.9. The molecule has 1 saturated carbocycles. The third-order valence-electron chi connectivity index (χ3n) is 3.90. The van der Waals surface area contributed by atoms with E-state index < -0.39 is 0 Å². The number of aromatic nitrogens is 2. The van der Waals surface area contributed by atoms with Crippen LogP contribution in [-0.2, 0) is 16.1 Å². The molecule has 1 atom stereocenters. The average molecular weight is 279 g/mol. The first-order valence-electron chi connectivity index (χ1n) is 7.47. The second-order valence-corrected chi connectivity index (χ2v) is 5.65. The fourth-order valence-electron chi connectivity index (χ4n) is 2.68. The van der Waals surface area contributed by atoms with Crippen LogP contribution in [0.15, 0.2) is 4.52 Å². The smallest absolute Gasteiger partial charge is 0.310 e. The number of likely N-dealkylation sites (tertiary alicyclic amines) is 1. The Bertz CT molecular complexity index is 470. The summed E-state index contributed by atoms with van der Waals surface area (Å²) in [6.45, 7) is 4.66. The summed E-state index contributed by atoms with van der Waals surface area (Å²) < 4.78 is 10.4. The van der Waals surface area contributed by atoms with Crippen molar-refractivity contribution in [3.05, 3.63) is 11.7 Å². The highest BCUT2D eigenvalue weighted by Crippen LogP contribution is 2.38. The number of nitrogens with zero attached hydrogens (tertiary/aromatic N) is 3. The fraction of sp³-hybridized carbons (Fsp3) is 0.786. The Morgan fingerprint density at radius 1 is 1.45 bits per heavy atom. The molecule has 2 aliphatic rings. The largest absolute Gasteiger partial charge is 0.466 e. The van der Waals surface area contributed by atoms with Crippen molar-refractivity contribution in [2.75, 3.05) is 19.7 Å². The zero-order valence-corrected chi connectivity index (χ0v) is 11.9. The van der Waals surface area contributed by atoms with Crippen LogP contribution in [0, 0.1) is 5.92 Å². The summed E-state index contributed by atoms with van der Waals surface area (Å²) in [5.74, 6) is 1.91. The number of carbonyl (C=O) groups is 1. The molecule has 1 aliphatic heterocycles. The van der Waals surface area contributed by atoms with Gasteiger partial charge in [0.25, 0.3) is 0 Å². The molecule has 0 unspecified atom stereocenters. The molecule has 3 rings (SSSR count). The van der Waals surface area contributed by atoms with Gasteiger partial charge in [0.05, 0.1) is 19.1 Å². The van der Waals surface area contributed by atoms with E-state index in [1.807, 2.05) is 6.92 Å². The Hall–Kier alpha value is -1.43. The van der Waals surface area contributed by atoms with Gasteiger partial charge in [-0.1, -0.05) is 5.16 Å². The van der Waals surface area contributed by atoms with E-state index in [0.717, 1.165) is 50.5 Å². The first kappa shape index (κ1) is 13.5. The molecule has 1 aromatic heterocycles. The lowest BCUT2D eigenvalue weighted by Crippen LogP contribution is -2.39. The highest BCUT2D eigenvalue weighted by atomic mass is 16.5. The van der Waals surface area contributed by atoms with Crippen molar-refractivity contribution in [3.8, 4) is 0 Å². The van der Waals surface area contributed by atoms with Gasteiger partial charge in [-0.2, -0.15) is 4.98 Å². The topological polar surface area (TPSA) is 68.5 Å². The van der Waals surface area contributed by atoms with Gasteiger partial charge < -0.3 is 9.26 Å². The fourth-order valence-corrected chi connectivity index (χ4v) is 2.68. The third-order valence-corrected chi connectivity index (χ3v) is 3.90. The van der Waals surface area contributed by atoms with Gasteiger partial charge in [0.15, 0.2) is 5.82 Å².